The average Bonchev–Trinajstić information content (AvgIpc) is 2.71. The first-order chi connectivity index (χ1) is 13.8. The molecular weight excluding hydrogens is 496 g/mol. The molecule has 1 amide bonds. The number of carbonyl (C=O) groups is 1. The summed E-state index contributed by atoms with van der Waals surface area (Å²) in [7, 11) is -3.64. The maximum Gasteiger partial charge on any atom is 0.240 e. The summed E-state index contributed by atoms with van der Waals surface area (Å²) in [4.78, 5) is 14.6. The fraction of sp³-hybridized carbons (Fsp3) is 0.579. The van der Waals surface area contributed by atoms with Crippen LogP contribution in [0.3, 0.4) is 0 Å². The summed E-state index contributed by atoms with van der Waals surface area (Å²) in [5.41, 5.74) is 0. The van der Waals surface area contributed by atoms with Crippen LogP contribution in [0, 0.1) is 0 Å². The molecule has 1 heterocycles. The van der Waals surface area contributed by atoms with Gasteiger partial charge in [0.15, 0.2) is 0 Å². The highest BCUT2D eigenvalue weighted by Crippen LogP contribution is 2.22. The standard InChI is InChI=1S/C19H27BrN2O4S3/c1-2-26-19(27)28-16(8-11-18(23)22-12-4-3-5-13-22)14-21-29(24,25)17-9-6-15(20)7-10-17/h6-7,9-10,16,21H,2-5,8,11-14H2,1H3. The van der Waals surface area contributed by atoms with Crippen molar-refractivity contribution in [2.75, 3.05) is 26.2 Å². The van der Waals surface area contributed by atoms with Gasteiger partial charge in [0.25, 0.3) is 0 Å². The largest absolute Gasteiger partial charge is 0.479 e. The van der Waals surface area contributed by atoms with Crippen molar-refractivity contribution in [3.63, 3.8) is 0 Å². The minimum absolute atomic E-state index is 0.119. The van der Waals surface area contributed by atoms with Gasteiger partial charge in [0, 0.05) is 35.8 Å². The van der Waals surface area contributed by atoms with Crippen LogP contribution in [0.15, 0.2) is 33.6 Å². The van der Waals surface area contributed by atoms with Gasteiger partial charge in [0.1, 0.15) is 0 Å². The van der Waals surface area contributed by atoms with Gasteiger partial charge in [-0.3, -0.25) is 4.79 Å². The molecule has 1 aliphatic heterocycles. The summed E-state index contributed by atoms with van der Waals surface area (Å²) < 4.78 is 34.3. The van der Waals surface area contributed by atoms with E-state index in [0.717, 1.165) is 30.4 Å². The molecule has 0 aromatic heterocycles. The topological polar surface area (TPSA) is 75.7 Å². The maximum absolute atomic E-state index is 12.6. The zero-order chi connectivity index (χ0) is 21.3. The first-order valence-electron chi connectivity index (χ1n) is 9.68. The molecule has 6 nitrogen and oxygen atoms in total. The van der Waals surface area contributed by atoms with Gasteiger partial charge in [-0.25, -0.2) is 13.1 Å². The minimum atomic E-state index is -3.64. The van der Waals surface area contributed by atoms with Crippen LogP contribution in [0.25, 0.3) is 0 Å². The van der Waals surface area contributed by atoms with Crippen molar-refractivity contribution in [3.8, 4) is 0 Å². The molecule has 1 unspecified atom stereocenters. The third kappa shape index (κ3) is 8.53. The number of thiocarbonyl (C=S) groups is 1. The van der Waals surface area contributed by atoms with Crippen LogP contribution in [0.5, 0.6) is 0 Å². The lowest BCUT2D eigenvalue weighted by Gasteiger charge is -2.27. The number of nitrogens with zero attached hydrogens (tertiary/aromatic N) is 1. The van der Waals surface area contributed by atoms with E-state index in [0.29, 0.717) is 23.8 Å². The van der Waals surface area contributed by atoms with Crippen molar-refractivity contribution in [3.05, 3.63) is 28.7 Å². The Hall–Kier alpha value is -0.680. The highest BCUT2D eigenvalue weighted by Gasteiger charge is 2.22. The van der Waals surface area contributed by atoms with Crippen molar-refractivity contribution < 1.29 is 17.9 Å². The molecule has 0 radical (unpaired) electrons. The molecule has 10 heteroatoms. The second-order valence-corrected chi connectivity index (χ2v) is 11.3. The van der Waals surface area contributed by atoms with E-state index in [-0.39, 0.29) is 22.6 Å². The molecule has 1 fully saturated rings. The Morgan fingerprint density at radius 2 is 1.93 bits per heavy atom. The normalized spacial score (nSPS) is 15.7. The Balaban J connectivity index is 1.96. The van der Waals surface area contributed by atoms with Crippen molar-refractivity contribution in [1.82, 2.24) is 9.62 Å². The smallest absolute Gasteiger partial charge is 0.240 e. The lowest BCUT2D eigenvalue weighted by molar-refractivity contribution is -0.132. The number of likely N-dealkylation sites (tertiary alicyclic amines) is 1. The number of carbonyl (C=O) groups excluding carboxylic acids is 1. The molecule has 1 N–H and O–H groups in total. The number of hydrogen-bond acceptors (Lipinski definition) is 6. The molecule has 1 aromatic carbocycles. The molecule has 1 aliphatic rings. The van der Waals surface area contributed by atoms with Crippen LogP contribution in [0.2, 0.25) is 0 Å². The number of amides is 1. The molecule has 1 atom stereocenters. The summed E-state index contributed by atoms with van der Waals surface area (Å²) in [5, 5.41) is -0.187. The van der Waals surface area contributed by atoms with Gasteiger partial charge in [0.2, 0.25) is 20.3 Å². The van der Waals surface area contributed by atoms with Crippen LogP contribution >= 0.6 is 39.9 Å². The summed E-state index contributed by atoms with van der Waals surface area (Å²) in [6.07, 6.45) is 4.15. The molecule has 1 aromatic rings. The zero-order valence-corrected chi connectivity index (χ0v) is 20.5. The fourth-order valence-corrected chi connectivity index (χ4v) is 5.81. The molecule has 29 heavy (non-hydrogen) atoms. The first-order valence-corrected chi connectivity index (χ1v) is 13.2. The number of sulfonamides is 1. The zero-order valence-electron chi connectivity index (χ0n) is 16.4. The van der Waals surface area contributed by atoms with E-state index in [1.807, 2.05) is 11.8 Å². The Morgan fingerprint density at radius 3 is 2.55 bits per heavy atom. The van der Waals surface area contributed by atoms with Crippen molar-refractivity contribution in [2.45, 2.75) is 49.2 Å². The Morgan fingerprint density at radius 1 is 1.28 bits per heavy atom. The van der Waals surface area contributed by atoms with Crippen molar-refractivity contribution >= 4 is 60.2 Å². The SMILES string of the molecule is CCOC(=S)SC(CCC(=O)N1CCCCC1)CNS(=O)(=O)c1ccc(Br)cc1. The average molecular weight is 524 g/mol. The number of ether oxygens (including phenoxy) is 1. The third-order valence-corrected chi connectivity index (χ3v) is 7.96. The van der Waals surface area contributed by atoms with E-state index in [9.17, 15) is 13.2 Å². The van der Waals surface area contributed by atoms with Gasteiger partial charge in [-0.2, -0.15) is 0 Å². The van der Waals surface area contributed by atoms with Crippen LogP contribution in [-0.4, -0.2) is 55.1 Å². The lowest BCUT2D eigenvalue weighted by Crippen LogP contribution is -2.37. The van der Waals surface area contributed by atoms with Gasteiger partial charge >= 0.3 is 0 Å². The van der Waals surface area contributed by atoms with E-state index in [1.54, 1.807) is 24.3 Å². The number of halogens is 1. The van der Waals surface area contributed by atoms with E-state index in [4.69, 9.17) is 17.0 Å². The monoisotopic (exact) mass is 522 g/mol. The van der Waals surface area contributed by atoms with E-state index in [1.165, 1.54) is 18.2 Å². The third-order valence-electron chi connectivity index (χ3n) is 4.54. The Kier molecular flexibility index (Phi) is 10.4. The summed E-state index contributed by atoms with van der Waals surface area (Å²) in [5.74, 6) is 0.119. The van der Waals surface area contributed by atoms with E-state index < -0.39 is 10.0 Å². The Bertz CT molecular complexity index is 781. The number of hydrogen-bond donors (Lipinski definition) is 1. The maximum atomic E-state index is 12.6. The van der Waals surface area contributed by atoms with E-state index >= 15 is 0 Å². The predicted octanol–water partition coefficient (Wildman–Crippen LogP) is 3.94. The first kappa shape index (κ1) is 24.6. The summed E-state index contributed by atoms with van der Waals surface area (Å²) >= 11 is 9.81. The summed E-state index contributed by atoms with van der Waals surface area (Å²) in [6.45, 7) is 4.09. The highest BCUT2D eigenvalue weighted by molar-refractivity contribution is 9.10. The van der Waals surface area contributed by atoms with Crippen LogP contribution in [0.1, 0.15) is 39.0 Å². The molecule has 0 bridgehead atoms. The lowest BCUT2D eigenvalue weighted by atomic mass is 10.1. The van der Waals surface area contributed by atoms with Crippen LogP contribution < -0.4 is 4.72 Å². The molecule has 162 valence electrons. The number of piperidine rings is 1. The molecule has 2 rings (SSSR count). The van der Waals surface area contributed by atoms with Gasteiger partial charge in [-0.15, -0.1) is 0 Å². The molecule has 0 spiro atoms. The quantitative estimate of drug-likeness (QED) is 0.495. The molecule has 0 aliphatic carbocycles. The number of benzene rings is 1. The van der Waals surface area contributed by atoms with Crippen LogP contribution in [0.4, 0.5) is 0 Å². The van der Waals surface area contributed by atoms with Gasteiger partial charge < -0.3 is 9.64 Å². The molecule has 0 saturated carbocycles. The van der Waals surface area contributed by atoms with Crippen molar-refractivity contribution in [2.24, 2.45) is 0 Å². The van der Waals surface area contributed by atoms with E-state index in [2.05, 4.69) is 20.7 Å². The van der Waals surface area contributed by atoms with Crippen LogP contribution in [-0.2, 0) is 19.6 Å². The summed E-state index contributed by atoms with van der Waals surface area (Å²) in [6, 6.07) is 6.45. The van der Waals surface area contributed by atoms with Gasteiger partial charge in [-0.05, 0) is 69.1 Å². The second-order valence-electron chi connectivity index (χ2n) is 6.71. The van der Waals surface area contributed by atoms with Gasteiger partial charge in [0.05, 0.1) is 11.5 Å². The predicted molar refractivity (Wildman–Crippen MR) is 125 cm³/mol. The van der Waals surface area contributed by atoms with Crippen molar-refractivity contribution in [1.29, 1.82) is 0 Å². The fourth-order valence-electron chi connectivity index (χ4n) is 2.98. The molecular formula is C19H27BrN2O4S3. The number of rotatable bonds is 9. The molecule has 1 saturated heterocycles. The second kappa shape index (κ2) is 12.2. The highest BCUT2D eigenvalue weighted by atomic mass is 79.9. The minimum Gasteiger partial charge on any atom is -0.479 e. The Labute approximate surface area is 191 Å². The number of thioether (sulfide) groups is 1. The number of nitrogens with one attached hydrogen (secondary N) is 1. The van der Waals surface area contributed by atoms with Gasteiger partial charge in [-0.1, -0.05) is 27.7 Å².